The minimum absolute atomic E-state index is 0.00256. The maximum absolute atomic E-state index is 11.3. The number of aliphatic hydroxyl groups is 1. The molecule has 0 aliphatic heterocycles. The van der Waals surface area contributed by atoms with Gasteiger partial charge in [0.2, 0.25) is 5.91 Å². The molecule has 3 N–H and O–H groups in total. The van der Waals surface area contributed by atoms with Crippen LogP contribution in [0.5, 0.6) is 5.75 Å². The van der Waals surface area contributed by atoms with Crippen molar-refractivity contribution in [3.8, 4) is 5.75 Å². The number of carbonyl (C=O) groups excluding carboxylic acids is 1. The lowest BCUT2D eigenvalue weighted by molar-refractivity contribution is -0.117. The Morgan fingerprint density at radius 1 is 1.27 bits per heavy atom. The first-order valence-corrected chi connectivity index (χ1v) is 8.68. The summed E-state index contributed by atoms with van der Waals surface area (Å²) in [5, 5.41) is 11.3. The number of aliphatic hydroxyl groups excluding tert-OH is 1. The van der Waals surface area contributed by atoms with E-state index in [2.05, 4.69) is 4.98 Å². The maximum atomic E-state index is 11.3. The van der Waals surface area contributed by atoms with Gasteiger partial charge in [0.15, 0.2) is 0 Å². The second kappa shape index (κ2) is 7.95. The van der Waals surface area contributed by atoms with Gasteiger partial charge < -0.3 is 20.1 Å². The molecule has 0 fully saturated rings. The quantitative estimate of drug-likeness (QED) is 0.645. The third-order valence-electron chi connectivity index (χ3n) is 3.78. The van der Waals surface area contributed by atoms with Gasteiger partial charge in [0.1, 0.15) is 24.3 Å². The third kappa shape index (κ3) is 4.27. The smallest absolute Gasteiger partial charge is 0.225 e. The van der Waals surface area contributed by atoms with Crippen LogP contribution in [-0.2, 0) is 17.8 Å². The van der Waals surface area contributed by atoms with E-state index in [1.54, 1.807) is 22.8 Å². The van der Waals surface area contributed by atoms with Crippen molar-refractivity contribution in [1.82, 2.24) is 9.55 Å². The van der Waals surface area contributed by atoms with Crippen molar-refractivity contribution in [2.75, 3.05) is 6.61 Å². The van der Waals surface area contributed by atoms with Crippen LogP contribution in [0, 0.1) is 0 Å². The average Bonchev–Trinajstić information content (AvgIpc) is 2.92. The van der Waals surface area contributed by atoms with Gasteiger partial charge in [-0.15, -0.1) is 0 Å². The molecule has 0 saturated carbocycles. The molecular formula is C18H17Cl2N3O3. The van der Waals surface area contributed by atoms with E-state index in [0.29, 0.717) is 21.6 Å². The summed E-state index contributed by atoms with van der Waals surface area (Å²) in [5.41, 5.74) is 6.85. The molecule has 8 heteroatoms. The number of hydrogen-bond donors (Lipinski definition) is 2. The Kier molecular flexibility index (Phi) is 5.66. The van der Waals surface area contributed by atoms with E-state index >= 15 is 0 Å². The Balaban J connectivity index is 1.77. The van der Waals surface area contributed by atoms with E-state index in [-0.39, 0.29) is 19.6 Å². The molecule has 0 spiro atoms. The molecule has 0 aliphatic carbocycles. The molecule has 0 unspecified atom stereocenters. The van der Waals surface area contributed by atoms with E-state index in [1.807, 2.05) is 24.3 Å². The SMILES string of the molecule is NC(=O)Cc1nc2ccccc2n1C[C@@H](O)COc1cc(Cl)ccc1Cl. The van der Waals surface area contributed by atoms with Crippen LogP contribution in [0.25, 0.3) is 11.0 Å². The number of nitrogens with two attached hydrogens (primary N) is 1. The monoisotopic (exact) mass is 393 g/mol. The molecule has 0 saturated heterocycles. The Bertz CT molecular complexity index is 943. The molecule has 1 atom stereocenters. The van der Waals surface area contributed by atoms with E-state index in [9.17, 15) is 9.90 Å². The van der Waals surface area contributed by atoms with Crippen LogP contribution in [0.3, 0.4) is 0 Å². The number of carbonyl (C=O) groups is 1. The van der Waals surface area contributed by atoms with Crippen LogP contribution in [0.1, 0.15) is 5.82 Å². The lowest BCUT2D eigenvalue weighted by Crippen LogP contribution is -2.26. The molecule has 1 aromatic heterocycles. The Morgan fingerprint density at radius 3 is 2.81 bits per heavy atom. The Morgan fingerprint density at radius 2 is 2.04 bits per heavy atom. The first-order valence-electron chi connectivity index (χ1n) is 7.92. The third-order valence-corrected chi connectivity index (χ3v) is 4.33. The van der Waals surface area contributed by atoms with Gasteiger partial charge >= 0.3 is 0 Å². The van der Waals surface area contributed by atoms with E-state index in [1.165, 1.54) is 0 Å². The highest BCUT2D eigenvalue weighted by Crippen LogP contribution is 2.28. The summed E-state index contributed by atoms with van der Waals surface area (Å²) in [4.78, 5) is 15.7. The minimum atomic E-state index is -0.853. The maximum Gasteiger partial charge on any atom is 0.225 e. The number of aromatic nitrogens is 2. The van der Waals surface area contributed by atoms with Gasteiger partial charge in [-0.1, -0.05) is 35.3 Å². The molecule has 1 amide bonds. The molecule has 1 heterocycles. The average molecular weight is 394 g/mol. The lowest BCUT2D eigenvalue weighted by Gasteiger charge is -2.16. The highest BCUT2D eigenvalue weighted by Gasteiger charge is 2.16. The fourth-order valence-corrected chi connectivity index (χ4v) is 2.99. The molecule has 2 aromatic carbocycles. The number of primary amides is 1. The van der Waals surface area contributed by atoms with Crippen LogP contribution >= 0.6 is 23.2 Å². The zero-order valence-electron chi connectivity index (χ0n) is 13.7. The molecule has 3 rings (SSSR count). The number of para-hydroxylation sites is 2. The van der Waals surface area contributed by atoms with Crippen LogP contribution < -0.4 is 10.5 Å². The topological polar surface area (TPSA) is 90.4 Å². The number of halogens is 2. The van der Waals surface area contributed by atoms with Gasteiger partial charge in [0.05, 0.1) is 29.0 Å². The molecule has 26 heavy (non-hydrogen) atoms. The van der Waals surface area contributed by atoms with Gasteiger partial charge in [-0.05, 0) is 24.3 Å². The van der Waals surface area contributed by atoms with E-state index in [0.717, 1.165) is 11.0 Å². The standard InChI is InChI=1S/C18H17Cl2N3O3/c19-11-5-6-13(20)16(7-11)26-10-12(24)9-23-15-4-2-1-3-14(15)22-18(23)8-17(21)25/h1-7,12,24H,8-10H2,(H2,21,25)/t12-/m1/s1. The van der Waals surface area contributed by atoms with Gasteiger partial charge in [-0.2, -0.15) is 0 Å². The molecule has 0 bridgehead atoms. The van der Waals surface area contributed by atoms with Gasteiger partial charge in [0.25, 0.3) is 0 Å². The number of ether oxygens (including phenoxy) is 1. The number of hydrogen-bond acceptors (Lipinski definition) is 4. The molecule has 0 radical (unpaired) electrons. The molecular weight excluding hydrogens is 377 g/mol. The summed E-state index contributed by atoms with van der Waals surface area (Å²) in [6, 6.07) is 12.3. The second-order valence-electron chi connectivity index (χ2n) is 5.81. The zero-order valence-corrected chi connectivity index (χ0v) is 15.2. The fourth-order valence-electron chi connectivity index (χ4n) is 2.66. The first kappa shape index (κ1) is 18.5. The Hall–Kier alpha value is -2.28. The number of rotatable bonds is 7. The van der Waals surface area contributed by atoms with Crippen LogP contribution in [0.2, 0.25) is 10.0 Å². The van der Waals surface area contributed by atoms with Crippen molar-refractivity contribution in [2.45, 2.75) is 19.1 Å². The van der Waals surface area contributed by atoms with Crippen LogP contribution in [-0.4, -0.2) is 33.3 Å². The van der Waals surface area contributed by atoms with Gasteiger partial charge in [-0.25, -0.2) is 4.98 Å². The van der Waals surface area contributed by atoms with Crippen molar-refractivity contribution in [2.24, 2.45) is 5.73 Å². The summed E-state index contributed by atoms with van der Waals surface area (Å²) in [5.74, 6) is 0.405. The van der Waals surface area contributed by atoms with Crippen molar-refractivity contribution in [1.29, 1.82) is 0 Å². The molecule has 136 valence electrons. The first-order chi connectivity index (χ1) is 12.4. The normalized spacial score (nSPS) is 12.3. The summed E-state index contributed by atoms with van der Waals surface area (Å²) >= 11 is 12.0. The predicted molar refractivity (Wildman–Crippen MR) is 101 cm³/mol. The van der Waals surface area contributed by atoms with Crippen molar-refractivity contribution < 1.29 is 14.6 Å². The number of benzene rings is 2. The molecule has 3 aromatic rings. The van der Waals surface area contributed by atoms with Crippen LogP contribution in [0.15, 0.2) is 42.5 Å². The second-order valence-corrected chi connectivity index (χ2v) is 6.65. The largest absolute Gasteiger partial charge is 0.489 e. The van der Waals surface area contributed by atoms with Crippen molar-refractivity contribution in [3.63, 3.8) is 0 Å². The number of fused-ring (bicyclic) bond motifs is 1. The van der Waals surface area contributed by atoms with E-state index in [4.69, 9.17) is 33.7 Å². The highest BCUT2D eigenvalue weighted by molar-refractivity contribution is 6.34. The van der Waals surface area contributed by atoms with Crippen molar-refractivity contribution >= 4 is 40.1 Å². The molecule has 0 aliphatic rings. The van der Waals surface area contributed by atoms with E-state index < -0.39 is 12.0 Å². The summed E-state index contributed by atoms with van der Waals surface area (Å²) < 4.78 is 7.34. The number of nitrogens with zero attached hydrogens (tertiary/aromatic N) is 2. The fraction of sp³-hybridized carbons (Fsp3) is 0.222. The minimum Gasteiger partial charge on any atom is -0.489 e. The van der Waals surface area contributed by atoms with Crippen molar-refractivity contribution in [3.05, 3.63) is 58.3 Å². The number of amides is 1. The predicted octanol–water partition coefficient (Wildman–Crippen LogP) is 2.81. The summed E-state index contributed by atoms with van der Waals surface area (Å²) in [7, 11) is 0. The number of imidazole rings is 1. The van der Waals surface area contributed by atoms with Crippen LogP contribution in [0.4, 0.5) is 0 Å². The highest BCUT2D eigenvalue weighted by atomic mass is 35.5. The van der Waals surface area contributed by atoms with Gasteiger partial charge in [-0.3, -0.25) is 4.79 Å². The summed E-state index contributed by atoms with van der Waals surface area (Å²) in [6.07, 6.45) is -0.864. The Labute approximate surface area is 160 Å². The summed E-state index contributed by atoms with van der Waals surface area (Å²) in [6.45, 7) is 0.198. The zero-order chi connectivity index (χ0) is 18.7. The lowest BCUT2D eigenvalue weighted by atomic mass is 10.3. The molecule has 6 nitrogen and oxygen atoms in total. The van der Waals surface area contributed by atoms with Gasteiger partial charge in [0, 0.05) is 11.1 Å².